The standard InChI is InChI=1S/C15H14N4O2/c1-10(12-6-5-9-21-12)17-18-15(20)14-11(2)16-13-7-3-4-8-19(13)14/h3-9H,1-2H3,(H,18,20). The van der Waals surface area contributed by atoms with Crippen LogP contribution in [0.15, 0.2) is 52.3 Å². The molecule has 0 saturated heterocycles. The second-order valence-electron chi connectivity index (χ2n) is 4.59. The maximum Gasteiger partial charge on any atom is 0.290 e. The molecule has 6 heteroatoms. The second-order valence-corrected chi connectivity index (χ2v) is 4.59. The fourth-order valence-electron chi connectivity index (χ4n) is 2.11. The van der Waals surface area contributed by atoms with E-state index in [0.29, 0.717) is 22.9 Å². The van der Waals surface area contributed by atoms with Gasteiger partial charge >= 0.3 is 0 Å². The molecule has 0 fully saturated rings. The van der Waals surface area contributed by atoms with Gasteiger partial charge in [-0.3, -0.25) is 9.20 Å². The van der Waals surface area contributed by atoms with E-state index in [9.17, 15) is 4.79 Å². The third kappa shape index (κ3) is 2.43. The summed E-state index contributed by atoms with van der Waals surface area (Å²) >= 11 is 0. The van der Waals surface area contributed by atoms with Gasteiger partial charge in [0.1, 0.15) is 22.8 Å². The van der Waals surface area contributed by atoms with E-state index >= 15 is 0 Å². The van der Waals surface area contributed by atoms with Crippen molar-refractivity contribution in [3.05, 3.63) is 59.9 Å². The third-order valence-electron chi connectivity index (χ3n) is 3.12. The number of fused-ring (bicyclic) bond motifs is 1. The van der Waals surface area contributed by atoms with E-state index in [2.05, 4.69) is 15.5 Å². The molecule has 0 unspecified atom stereocenters. The lowest BCUT2D eigenvalue weighted by atomic mass is 10.3. The fourth-order valence-corrected chi connectivity index (χ4v) is 2.11. The molecule has 106 valence electrons. The number of imidazole rings is 1. The number of furan rings is 1. The van der Waals surface area contributed by atoms with Crippen LogP contribution in [0.5, 0.6) is 0 Å². The monoisotopic (exact) mass is 282 g/mol. The number of rotatable bonds is 3. The Morgan fingerprint density at radius 2 is 2.19 bits per heavy atom. The van der Waals surface area contributed by atoms with Gasteiger partial charge in [-0.15, -0.1) is 0 Å². The minimum absolute atomic E-state index is 0.308. The smallest absolute Gasteiger partial charge is 0.290 e. The van der Waals surface area contributed by atoms with E-state index in [1.165, 1.54) is 0 Å². The Balaban J connectivity index is 1.88. The first kappa shape index (κ1) is 13.1. The second kappa shape index (κ2) is 5.24. The summed E-state index contributed by atoms with van der Waals surface area (Å²) in [6.45, 7) is 3.56. The van der Waals surface area contributed by atoms with E-state index in [4.69, 9.17) is 4.42 Å². The molecule has 0 atom stereocenters. The fraction of sp³-hybridized carbons (Fsp3) is 0.133. The van der Waals surface area contributed by atoms with Crippen molar-refractivity contribution in [2.75, 3.05) is 0 Å². The Morgan fingerprint density at radius 3 is 2.95 bits per heavy atom. The number of nitrogens with zero attached hydrogens (tertiary/aromatic N) is 3. The quantitative estimate of drug-likeness (QED) is 0.592. The maximum atomic E-state index is 12.3. The number of hydrogen-bond acceptors (Lipinski definition) is 4. The van der Waals surface area contributed by atoms with Gasteiger partial charge in [0, 0.05) is 6.20 Å². The molecule has 3 aromatic rings. The van der Waals surface area contributed by atoms with Crippen LogP contribution in [0.3, 0.4) is 0 Å². The van der Waals surface area contributed by atoms with Crippen LogP contribution in [-0.4, -0.2) is 21.0 Å². The molecule has 0 aliphatic carbocycles. The molecule has 0 aliphatic rings. The molecule has 3 heterocycles. The van der Waals surface area contributed by atoms with E-state index in [1.54, 1.807) is 42.8 Å². The molecule has 1 amide bonds. The summed E-state index contributed by atoms with van der Waals surface area (Å²) in [5, 5.41) is 4.05. The van der Waals surface area contributed by atoms with Gasteiger partial charge in [0.15, 0.2) is 0 Å². The number of aryl methyl sites for hydroxylation is 1. The Kier molecular flexibility index (Phi) is 3.27. The van der Waals surface area contributed by atoms with Crippen molar-refractivity contribution >= 4 is 17.3 Å². The number of hydrazone groups is 1. The Morgan fingerprint density at radius 1 is 1.33 bits per heavy atom. The van der Waals surface area contributed by atoms with Gasteiger partial charge in [0.2, 0.25) is 0 Å². The predicted octanol–water partition coefficient (Wildman–Crippen LogP) is 2.39. The number of carbonyl (C=O) groups excluding carboxylic acids is 1. The molecule has 0 saturated carbocycles. The molecule has 0 radical (unpaired) electrons. The molecule has 6 nitrogen and oxygen atoms in total. The van der Waals surface area contributed by atoms with Crippen molar-refractivity contribution in [3.8, 4) is 0 Å². The first-order chi connectivity index (χ1) is 10.2. The third-order valence-corrected chi connectivity index (χ3v) is 3.12. The van der Waals surface area contributed by atoms with Gasteiger partial charge in [0.25, 0.3) is 5.91 Å². The highest BCUT2D eigenvalue weighted by Crippen LogP contribution is 2.11. The van der Waals surface area contributed by atoms with Crippen molar-refractivity contribution in [1.82, 2.24) is 14.8 Å². The normalized spacial score (nSPS) is 11.8. The van der Waals surface area contributed by atoms with Crippen LogP contribution in [0.4, 0.5) is 0 Å². The highest BCUT2D eigenvalue weighted by Gasteiger charge is 2.15. The lowest BCUT2D eigenvalue weighted by Crippen LogP contribution is -2.21. The van der Waals surface area contributed by atoms with Gasteiger partial charge in [-0.2, -0.15) is 5.10 Å². The molecule has 3 aromatic heterocycles. The van der Waals surface area contributed by atoms with Gasteiger partial charge in [-0.25, -0.2) is 10.4 Å². The lowest BCUT2D eigenvalue weighted by molar-refractivity contribution is 0.0948. The molecule has 0 aromatic carbocycles. The van der Waals surface area contributed by atoms with Crippen molar-refractivity contribution in [1.29, 1.82) is 0 Å². The average Bonchev–Trinajstić information content (AvgIpc) is 3.10. The predicted molar refractivity (Wildman–Crippen MR) is 78.3 cm³/mol. The summed E-state index contributed by atoms with van der Waals surface area (Å²) in [5.74, 6) is 0.308. The number of hydrogen-bond donors (Lipinski definition) is 1. The van der Waals surface area contributed by atoms with E-state index in [-0.39, 0.29) is 5.91 Å². The summed E-state index contributed by atoms with van der Waals surface area (Å²) in [4.78, 5) is 16.7. The van der Waals surface area contributed by atoms with Crippen LogP contribution in [0.2, 0.25) is 0 Å². The summed E-state index contributed by atoms with van der Waals surface area (Å²) in [7, 11) is 0. The summed E-state index contributed by atoms with van der Waals surface area (Å²) < 4.78 is 6.95. The molecule has 0 aliphatic heterocycles. The van der Waals surface area contributed by atoms with Crippen LogP contribution in [0.25, 0.3) is 5.65 Å². The Hall–Kier alpha value is -2.89. The summed E-state index contributed by atoms with van der Waals surface area (Å²) in [5.41, 5.74) is 4.99. The summed E-state index contributed by atoms with van der Waals surface area (Å²) in [6.07, 6.45) is 3.36. The van der Waals surface area contributed by atoms with Gasteiger partial charge in [-0.1, -0.05) is 6.07 Å². The van der Waals surface area contributed by atoms with Gasteiger partial charge in [0.05, 0.1) is 12.0 Å². The summed E-state index contributed by atoms with van der Waals surface area (Å²) in [6, 6.07) is 9.13. The number of nitrogens with one attached hydrogen (secondary N) is 1. The Bertz CT molecular complexity index is 815. The average molecular weight is 282 g/mol. The maximum absolute atomic E-state index is 12.3. The molecule has 0 bridgehead atoms. The minimum atomic E-state index is -0.308. The zero-order chi connectivity index (χ0) is 14.8. The lowest BCUT2D eigenvalue weighted by Gasteiger charge is -2.02. The van der Waals surface area contributed by atoms with Crippen molar-refractivity contribution in [3.63, 3.8) is 0 Å². The van der Waals surface area contributed by atoms with Crippen molar-refractivity contribution in [2.24, 2.45) is 5.10 Å². The topological polar surface area (TPSA) is 71.9 Å². The van der Waals surface area contributed by atoms with Gasteiger partial charge < -0.3 is 4.42 Å². The van der Waals surface area contributed by atoms with Crippen LogP contribution in [0.1, 0.15) is 28.9 Å². The molecule has 1 N–H and O–H groups in total. The van der Waals surface area contributed by atoms with Crippen LogP contribution >= 0.6 is 0 Å². The highest BCUT2D eigenvalue weighted by atomic mass is 16.3. The zero-order valence-electron chi connectivity index (χ0n) is 11.7. The number of carbonyl (C=O) groups is 1. The first-order valence-electron chi connectivity index (χ1n) is 6.49. The number of pyridine rings is 1. The minimum Gasteiger partial charge on any atom is -0.463 e. The highest BCUT2D eigenvalue weighted by molar-refractivity contribution is 5.99. The Labute approximate surface area is 121 Å². The van der Waals surface area contributed by atoms with Crippen molar-refractivity contribution in [2.45, 2.75) is 13.8 Å². The first-order valence-corrected chi connectivity index (χ1v) is 6.49. The largest absolute Gasteiger partial charge is 0.463 e. The molecular weight excluding hydrogens is 268 g/mol. The van der Waals surface area contributed by atoms with Crippen LogP contribution in [-0.2, 0) is 0 Å². The van der Waals surface area contributed by atoms with E-state index in [0.717, 1.165) is 5.65 Å². The van der Waals surface area contributed by atoms with Crippen LogP contribution in [0, 0.1) is 6.92 Å². The molecular formula is C15H14N4O2. The number of amides is 1. The van der Waals surface area contributed by atoms with E-state index < -0.39 is 0 Å². The molecule has 3 rings (SSSR count). The SMILES string of the molecule is CC(=NNC(=O)c1c(C)nc2ccccn12)c1ccco1. The zero-order valence-corrected chi connectivity index (χ0v) is 11.7. The molecule has 0 spiro atoms. The molecule has 21 heavy (non-hydrogen) atoms. The number of aromatic nitrogens is 2. The van der Waals surface area contributed by atoms with Crippen LogP contribution < -0.4 is 5.43 Å². The van der Waals surface area contributed by atoms with E-state index in [1.807, 2.05) is 18.2 Å². The van der Waals surface area contributed by atoms with Crippen molar-refractivity contribution < 1.29 is 9.21 Å². The van der Waals surface area contributed by atoms with Gasteiger partial charge in [-0.05, 0) is 38.1 Å².